The molecule has 1 atom stereocenters. The summed E-state index contributed by atoms with van der Waals surface area (Å²) in [6.45, 7) is 2.19. The fourth-order valence-electron chi connectivity index (χ4n) is 4.19. The van der Waals surface area contributed by atoms with E-state index in [0.29, 0.717) is 12.0 Å². The number of aromatic nitrogens is 2. The molecular weight excluding hydrogens is 296 g/mol. The number of benzene rings is 1. The summed E-state index contributed by atoms with van der Waals surface area (Å²) < 4.78 is 0. The monoisotopic (exact) mass is 322 g/mol. The molecule has 0 saturated carbocycles. The van der Waals surface area contributed by atoms with Gasteiger partial charge < -0.3 is 10.2 Å². The standard InChI is InChI=1S/C20H26N4/c1-24(19-8-4-6-15-5-2-3-7-17(15)19)20-13-18(22-14-23-20)16-9-11-21-12-10-16/h2-3,5,7,13-14,16,19,21H,4,6,8-12H2,1H3/t19-/m1/s1. The van der Waals surface area contributed by atoms with Crippen molar-refractivity contribution in [3.8, 4) is 0 Å². The Kier molecular flexibility index (Phi) is 4.48. The number of aryl methyl sites for hydroxylation is 1. The van der Waals surface area contributed by atoms with E-state index in [1.807, 2.05) is 0 Å². The Morgan fingerprint density at radius 1 is 1.08 bits per heavy atom. The second-order valence-corrected chi connectivity index (χ2v) is 7.04. The highest BCUT2D eigenvalue weighted by atomic mass is 15.2. The molecule has 0 spiro atoms. The van der Waals surface area contributed by atoms with Crippen molar-refractivity contribution >= 4 is 5.82 Å². The summed E-state index contributed by atoms with van der Waals surface area (Å²) in [6, 6.07) is 11.5. The second-order valence-electron chi connectivity index (χ2n) is 7.04. The van der Waals surface area contributed by atoms with E-state index in [1.54, 1.807) is 6.33 Å². The molecule has 1 aromatic carbocycles. The number of hydrogen-bond acceptors (Lipinski definition) is 4. The Labute approximate surface area is 144 Å². The summed E-state index contributed by atoms with van der Waals surface area (Å²) in [7, 11) is 2.18. The molecule has 4 nitrogen and oxygen atoms in total. The zero-order valence-corrected chi connectivity index (χ0v) is 14.4. The number of nitrogens with one attached hydrogen (secondary N) is 1. The maximum atomic E-state index is 4.58. The summed E-state index contributed by atoms with van der Waals surface area (Å²) in [4.78, 5) is 11.5. The van der Waals surface area contributed by atoms with Crippen LogP contribution in [0.3, 0.4) is 0 Å². The van der Waals surface area contributed by atoms with Gasteiger partial charge in [-0.1, -0.05) is 24.3 Å². The SMILES string of the molecule is CN(c1cc(C2CCNCC2)ncn1)[C@@H]1CCCc2ccccc21. The second kappa shape index (κ2) is 6.89. The van der Waals surface area contributed by atoms with Crippen LogP contribution in [0.1, 0.15) is 54.5 Å². The fraction of sp³-hybridized carbons (Fsp3) is 0.500. The molecule has 0 bridgehead atoms. The molecule has 1 aromatic heterocycles. The number of nitrogens with zero attached hydrogens (tertiary/aromatic N) is 3. The van der Waals surface area contributed by atoms with Crippen molar-refractivity contribution in [1.82, 2.24) is 15.3 Å². The molecule has 4 heteroatoms. The highest BCUT2D eigenvalue weighted by Crippen LogP contribution is 2.36. The summed E-state index contributed by atoms with van der Waals surface area (Å²) in [6.07, 6.45) is 7.74. The lowest BCUT2D eigenvalue weighted by atomic mass is 9.87. The van der Waals surface area contributed by atoms with E-state index in [2.05, 4.69) is 57.6 Å². The van der Waals surface area contributed by atoms with Gasteiger partial charge in [-0.2, -0.15) is 0 Å². The molecule has 0 radical (unpaired) electrons. The lowest BCUT2D eigenvalue weighted by Crippen LogP contribution is -2.29. The summed E-state index contributed by atoms with van der Waals surface area (Å²) in [5.74, 6) is 1.63. The third-order valence-corrected chi connectivity index (χ3v) is 5.60. The average molecular weight is 322 g/mol. The van der Waals surface area contributed by atoms with Gasteiger partial charge in [0, 0.05) is 24.7 Å². The van der Waals surface area contributed by atoms with Crippen LogP contribution < -0.4 is 10.2 Å². The Morgan fingerprint density at radius 3 is 2.79 bits per heavy atom. The average Bonchev–Trinajstić information content (AvgIpc) is 2.68. The number of anilines is 1. The summed E-state index contributed by atoms with van der Waals surface area (Å²) >= 11 is 0. The first-order valence-electron chi connectivity index (χ1n) is 9.16. The molecule has 1 aliphatic heterocycles. The molecule has 126 valence electrons. The Bertz CT molecular complexity index is 694. The normalized spacial score (nSPS) is 21.3. The highest BCUT2D eigenvalue weighted by molar-refractivity contribution is 5.45. The van der Waals surface area contributed by atoms with Gasteiger partial charge in [-0.3, -0.25) is 0 Å². The van der Waals surface area contributed by atoms with Gasteiger partial charge in [0.25, 0.3) is 0 Å². The van der Waals surface area contributed by atoms with Crippen molar-refractivity contribution in [2.45, 2.75) is 44.1 Å². The smallest absolute Gasteiger partial charge is 0.132 e. The van der Waals surface area contributed by atoms with Gasteiger partial charge in [-0.05, 0) is 56.3 Å². The maximum absolute atomic E-state index is 4.58. The van der Waals surface area contributed by atoms with Crippen LogP contribution in [0, 0.1) is 0 Å². The first kappa shape index (κ1) is 15.6. The topological polar surface area (TPSA) is 41.0 Å². The molecule has 24 heavy (non-hydrogen) atoms. The number of piperidine rings is 1. The minimum atomic E-state index is 0.422. The van der Waals surface area contributed by atoms with Gasteiger partial charge in [0.1, 0.15) is 12.1 Å². The van der Waals surface area contributed by atoms with Crippen LogP contribution in [0.25, 0.3) is 0 Å². The summed E-state index contributed by atoms with van der Waals surface area (Å²) in [5.41, 5.74) is 4.17. The summed E-state index contributed by atoms with van der Waals surface area (Å²) in [5, 5.41) is 3.43. The molecule has 1 fully saturated rings. The largest absolute Gasteiger partial charge is 0.353 e. The zero-order valence-electron chi connectivity index (χ0n) is 14.4. The van der Waals surface area contributed by atoms with Gasteiger partial charge in [0.2, 0.25) is 0 Å². The van der Waals surface area contributed by atoms with E-state index in [-0.39, 0.29) is 0 Å². The molecule has 2 heterocycles. The third-order valence-electron chi connectivity index (χ3n) is 5.60. The third kappa shape index (κ3) is 3.03. The number of rotatable bonds is 3. The molecule has 1 N–H and O–H groups in total. The maximum Gasteiger partial charge on any atom is 0.132 e. The van der Waals surface area contributed by atoms with Crippen LogP contribution in [-0.4, -0.2) is 30.1 Å². The molecule has 2 aliphatic rings. The van der Waals surface area contributed by atoms with Crippen LogP contribution in [-0.2, 0) is 6.42 Å². The van der Waals surface area contributed by atoms with E-state index in [9.17, 15) is 0 Å². The van der Waals surface area contributed by atoms with Gasteiger partial charge in [-0.15, -0.1) is 0 Å². The van der Waals surface area contributed by atoms with Gasteiger partial charge in [0.05, 0.1) is 6.04 Å². The first-order chi connectivity index (χ1) is 11.8. The van der Waals surface area contributed by atoms with Gasteiger partial charge >= 0.3 is 0 Å². The van der Waals surface area contributed by atoms with Crippen LogP contribution in [0.2, 0.25) is 0 Å². The highest BCUT2D eigenvalue weighted by Gasteiger charge is 2.25. The molecule has 0 amide bonds. The molecule has 4 rings (SSSR count). The van der Waals surface area contributed by atoms with E-state index >= 15 is 0 Å². The van der Waals surface area contributed by atoms with Crippen molar-refractivity contribution < 1.29 is 0 Å². The molecule has 1 aliphatic carbocycles. The molecular formula is C20H26N4. The van der Waals surface area contributed by atoms with Gasteiger partial charge in [-0.25, -0.2) is 9.97 Å². The van der Waals surface area contributed by atoms with E-state index < -0.39 is 0 Å². The van der Waals surface area contributed by atoms with E-state index in [1.165, 1.54) is 48.9 Å². The predicted octanol–water partition coefficient (Wildman–Crippen LogP) is 3.46. The van der Waals surface area contributed by atoms with Crippen LogP contribution in [0.15, 0.2) is 36.7 Å². The molecule has 2 aromatic rings. The minimum absolute atomic E-state index is 0.422. The van der Waals surface area contributed by atoms with Crippen LogP contribution >= 0.6 is 0 Å². The lowest BCUT2D eigenvalue weighted by molar-refractivity contribution is 0.452. The van der Waals surface area contributed by atoms with Crippen molar-refractivity contribution in [3.05, 3.63) is 53.5 Å². The van der Waals surface area contributed by atoms with Crippen LogP contribution in [0.5, 0.6) is 0 Å². The zero-order chi connectivity index (χ0) is 16.4. The number of hydrogen-bond donors (Lipinski definition) is 1. The van der Waals surface area contributed by atoms with E-state index in [4.69, 9.17) is 0 Å². The van der Waals surface area contributed by atoms with Crippen molar-refractivity contribution in [2.75, 3.05) is 25.0 Å². The fourth-order valence-corrected chi connectivity index (χ4v) is 4.19. The Balaban J connectivity index is 1.60. The van der Waals surface area contributed by atoms with Gasteiger partial charge in [0.15, 0.2) is 0 Å². The quantitative estimate of drug-likeness (QED) is 0.939. The van der Waals surface area contributed by atoms with Crippen LogP contribution in [0.4, 0.5) is 5.82 Å². The number of fused-ring (bicyclic) bond motifs is 1. The predicted molar refractivity (Wildman–Crippen MR) is 97.4 cm³/mol. The minimum Gasteiger partial charge on any atom is -0.353 e. The lowest BCUT2D eigenvalue weighted by Gasteiger charge is -2.34. The van der Waals surface area contributed by atoms with Crippen molar-refractivity contribution in [3.63, 3.8) is 0 Å². The van der Waals surface area contributed by atoms with E-state index in [0.717, 1.165) is 18.9 Å². The van der Waals surface area contributed by atoms with Crippen molar-refractivity contribution in [2.24, 2.45) is 0 Å². The molecule has 1 saturated heterocycles. The molecule has 0 unspecified atom stereocenters. The Hall–Kier alpha value is -1.94. The van der Waals surface area contributed by atoms with Crippen molar-refractivity contribution in [1.29, 1.82) is 0 Å². The Morgan fingerprint density at radius 2 is 1.92 bits per heavy atom. The first-order valence-corrected chi connectivity index (χ1v) is 9.16.